The summed E-state index contributed by atoms with van der Waals surface area (Å²) in [5.41, 5.74) is 2.54. The first kappa shape index (κ1) is 15.5. The maximum Gasteiger partial charge on any atom is 0.0519 e. The molecule has 0 aliphatic rings. The molecule has 1 aromatic carbocycles. The smallest absolute Gasteiger partial charge is 0.0519 e. The van der Waals surface area contributed by atoms with Gasteiger partial charge >= 0.3 is 0 Å². The molecule has 0 radical (unpaired) electrons. The van der Waals surface area contributed by atoms with Crippen molar-refractivity contribution in [1.82, 2.24) is 5.32 Å². The van der Waals surface area contributed by atoms with E-state index in [1.54, 1.807) is 11.3 Å². The highest BCUT2D eigenvalue weighted by atomic mass is 79.9. The number of thiophene rings is 1. The molecule has 20 heavy (non-hydrogen) atoms. The lowest BCUT2D eigenvalue weighted by Gasteiger charge is -2.21. The van der Waals surface area contributed by atoms with Crippen LogP contribution in [0.1, 0.15) is 30.3 Å². The maximum atomic E-state index is 3.70. The average molecular weight is 353 g/mol. The molecule has 2 aromatic rings. The second-order valence-electron chi connectivity index (χ2n) is 4.92. The van der Waals surface area contributed by atoms with E-state index >= 15 is 0 Å². The molecule has 0 spiro atoms. The van der Waals surface area contributed by atoms with Gasteiger partial charge in [-0.25, -0.2) is 0 Å². The quantitative estimate of drug-likeness (QED) is 0.801. The van der Waals surface area contributed by atoms with Crippen molar-refractivity contribution in [3.8, 4) is 0 Å². The van der Waals surface area contributed by atoms with E-state index < -0.39 is 0 Å². The Morgan fingerprint density at radius 2 is 2.15 bits per heavy atom. The lowest BCUT2D eigenvalue weighted by atomic mass is 10.1. The van der Waals surface area contributed by atoms with Gasteiger partial charge < -0.3 is 10.2 Å². The van der Waals surface area contributed by atoms with E-state index in [-0.39, 0.29) is 0 Å². The number of rotatable bonds is 6. The zero-order chi connectivity index (χ0) is 14.5. The minimum Gasteiger partial charge on any atom is -0.369 e. The second-order valence-corrected chi connectivity index (χ2v) is 6.81. The second kappa shape index (κ2) is 7.25. The molecule has 0 saturated heterocycles. The highest BCUT2D eigenvalue weighted by molar-refractivity contribution is 9.10. The van der Waals surface area contributed by atoms with Gasteiger partial charge in [0.1, 0.15) is 0 Å². The van der Waals surface area contributed by atoms with Gasteiger partial charge in [0.2, 0.25) is 0 Å². The molecule has 108 valence electrons. The molecule has 4 heteroatoms. The van der Waals surface area contributed by atoms with Gasteiger partial charge in [0.05, 0.1) is 6.54 Å². The van der Waals surface area contributed by atoms with Crippen LogP contribution < -0.4 is 10.2 Å². The Bertz CT molecular complexity index is 539. The standard InChI is InChI=1S/C16H21BrN2S/c1-4-18-12(2)15-8-7-13(10-16(15)17)19(3)11-14-6-5-9-20-14/h5-10,12,18H,4,11H2,1-3H3. The van der Waals surface area contributed by atoms with Crippen molar-refractivity contribution in [2.24, 2.45) is 0 Å². The predicted octanol–water partition coefficient (Wildman–Crippen LogP) is 4.82. The first-order chi connectivity index (χ1) is 9.61. The Kier molecular flexibility index (Phi) is 5.64. The molecule has 2 nitrogen and oxygen atoms in total. The number of nitrogens with one attached hydrogen (secondary N) is 1. The minimum absolute atomic E-state index is 0.367. The number of hydrogen-bond donors (Lipinski definition) is 1. The van der Waals surface area contributed by atoms with Crippen LogP contribution in [0, 0.1) is 0 Å². The normalized spacial score (nSPS) is 12.4. The van der Waals surface area contributed by atoms with Crippen molar-refractivity contribution in [1.29, 1.82) is 0 Å². The van der Waals surface area contributed by atoms with Crippen molar-refractivity contribution in [2.45, 2.75) is 26.4 Å². The summed E-state index contributed by atoms with van der Waals surface area (Å²) in [6, 6.07) is 11.3. The van der Waals surface area contributed by atoms with Gasteiger partial charge in [-0.05, 0) is 42.6 Å². The molecule has 1 N–H and O–H groups in total. The number of hydrogen-bond acceptors (Lipinski definition) is 3. The van der Waals surface area contributed by atoms with Gasteiger partial charge in [0.25, 0.3) is 0 Å². The zero-order valence-electron chi connectivity index (χ0n) is 12.2. The molecule has 1 heterocycles. The fourth-order valence-electron chi connectivity index (χ4n) is 2.25. The number of halogens is 1. The highest BCUT2D eigenvalue weighted by Gasteiger charge is 2.10. The van der Waals surface area contributed by atoms with E-state index in [0.717, 1.165) is 13.1 Å². The lowest BCUT2D eigenvalue weighted by Crippen LogP contribution is -2.19. The SMILES string of the molecule is CCNC(C)c1ccc(N(C)Cc2cccs2)cc1Br. The third kappa shape index (κ3) is 3.84. The van der Waals surface area contributed by atoms with Crippen LogP contribution in [0.2, 0.25) is 0 Å². The first-order valence-electron chi connectivity index (χ1n) is 6.88. The van der Waals surface area contributed by atoms with Crippen molar-refractivity contribution in [3.05, 3.63) is 50.6 Å². The van der Waals surface area contributed by atoms with Gasteiger partial charge in [0.15, 0.2) is 0 Å². The number of nitrogens with zero attached hydrogens (tertiary/aromatic N) is 1. The van der Waals surface area contributed by atoms with Gasteiger partial charge in [-0.1, -0.05) is 35.0 Å². The molecular weight excluding hydrogens is 332 g/mol. The molecule has 0 saturated carbocycles. The van der Waals surface area contributed by atoms with Crippen molar-refractivity contribution >= 4 is 33.0 Å². The van der Waals surface area contributed by atoms with E-state index in [4.69, 9.17) is 0 Å². The van der Waals surface area contributed by atoms with Crippen LogP contribution in [0.15, 0.2) is 40.2 Å². The third-order valence-corrected chi connectivity index (χ3v) is 4.92. The van der Waals surface area contributed by atoms with Crippen LogP contribution in [-0.2, 0) is 6.54 Å². The summed E-state index contributed by atoms with van der Waals surface area (Å²) in [5, 5.41) is 5.57. The van der Waals surface area contributed by atoms with Gasteiger partial charge in [-0.3, -0.25) is 0 Å². The van der Waals surface area contributed by atoms with E-state index in [0.29, 0.717) is 6.04 Å². The summed E-state index contributed by atoms with van der Waals surface area (Å²) in [6.07, 6.45) is 0. The minimum atomic E-state index is 0.367. The molecule has 0 fully saturated rings. The zero-order valence-corrected chi connectivity index (χ0v) is 14.6. The van der Waals surface area contributed by atoms with Crippen LogP contribution >= 0.6 is 27.3 Å². The Morgan fingerprint density at radius 1 is 1.35 bits per heavy atom. The molecule has 1 atom stereocenters. The Hall–Kier alpha value is -0.840. The molecule has 0 aliphatic heterocycles. The van der Waals surface area contributed by atoms with Gasteiger partial charge in [-0.15, -0.1) is 11.3 Å². The summed E-state index contributed by atoms with van der Waals surface area (Å²) in [5.74, 6) is 0. The van der Waals surface area contributed by atoms with Crippen LogP contribution in [-0.4, -0.2) is 13.6 Å². The van der Waals surface area contributed by atoms with Crippen LogP contribution in [0.25, 0.3) is 0 Å². The average Bonchev–Trinajstić information content (AvgIpc) is 2.91. The Labute approximate surface area is 133 Å². The molecular formula is C16H21BrN2S. The van der Waals surface area contributed by atoms with E-state index in [1.807, 2.05) is 0 Å². The Morgan fingerprint density at radius 3 is 2.75 bits per heavy atom. The Balaban J connectivity index is 2.11. The number of benzene rings is 1. The molecule has 0 amide bonds. The highest BCUT2D eigenvalue weighted by Crippen LogP contribution is 2.28. The van der Waals surface area contributed by atoms with E-state index in [9.17, 15) is 0 Å². The summed E-state index contributed by atoms with van der Waals surface area (Å²) in [4.78, 5) is 3.66. The number of anilines is 1. The topological polar surface area (TPSA) is 15.3 Å². The predicted molar refractivity (Wildman–Crippen MR) is 92.7 cm³/mol. The lowest BCUT2D eigenvalue weighted by molar-refractivity contribution is 0.596. The fraction of sp³-hybridized carbons (Fsp3) is 0.375. The van der Waals surface area contributed by atoms with E-state index in [2.05, 4.69) is 82.8 Å². The molecule has 0 aliphatic carbocycles. The van der Waals surface area contributed by atoms with Crippen molar-refractivity contribution in [2.75, 3.05) is 18.5 Å². The summed E-state index contributed by atoms with van der Waals surface area (Å²) < 4.78 is 1.17. The molecule has 2 rings (SSSR count). The first-order valence-corrected chi connectivity index (χ1v) is 8.55. The monoisotopic (exact) mass is 352 g/mol. The van der Waals surface area contributed by atoms with Crippen LogP contribution in [0.3, 0.4) is 0 Å². The van der Waals surface area contributed by atoms with Gasteiger partial charge in [-0.2, -0.15) is 0 Å². The third-order valence-electron chi connectivity index (χ3n) is 3.37. The van der Waals surface area contributed by atoms with Crippen molar-refractivity contribution < 1.29 is 0 Å². The maximum absolute atomic E-state index is 3.70. The summed E-state index contributed by atoms with van der Waals surface area (Å²) >= 11 is 5.50. The van der Waals surface area contributed by atoms with Gasteiger partial charge in [0, 0.05) is 28.1 Å². The summed E-state index contributed by atoms with van der Waals surface area (Å²) in [6.45, 7) is 6.26. The van der Waals surface area contributed by atoms with Crippen LogP contribution in [0.4, 0.5) is 5.69 Å². The molecule has 0 bridgehead atoms. The van der Waals surface area contributed by atoms with Crippen LogP contribution in [0.5, 0.6) is 0 Å². The van der Waals surface area contributed by atoms with E-state index in [1.165, 1.54) is 20.6 Å². The fourth-order valence-corrected chi connectivity index (χ4v) is 3.72. The van der Waals surface area contributed by atoms with Crippen molar-refractivity contribution in [3.63, 3.8) is 0 Å². The summed E-state index contributed by atoms with van der Waals surface area (Å²) in [7, 11) is 2.13. The molecule has 1 aromatic heterocycles. The largest absolute Gasteiger partial charge is 0.369 e. The molecule has 1 unspecified atom stereocenters.